The first-order valence-corrected chi connectivity index (χ1v) is 8.48. The topological polar surface area (TPSA) is 51.0 Å². The number of nitrogens with zero attached hydrogens (tertiary/aromatic N) is 2. The molecule has 0 amide bonds. The average Bonchev–Trinajstić information content (AvgIpc) is 2.71. The van der Waals surface area contributed by atoms with E-state index in [1.54, 1.807) is 0 Å². The van der Waals surface area contributed by atoms with Crippen LogP contribution < -0.4 is 5.32 Å². The lowest BCUT2D eigenvalue weighted by Crippen LogP contribution is -2.61. The zero-order valence-electron chi connectivity index (χ0n) is 13.1. The maximum atomic E-state index is 6.01. The second-order valence-corrected chi connectivity index (χ2v) is 9.25. The Kier molecular flexibility index (Phi) is 2.74. The molecule has 3 atom stereocenters. The molecule has 4 nitrogen and oxygen atoms in total. The van der Waals surface area contributed by atoms with Crippen LogP contribution in [0.3, 0.4) is 0 Å². The highest BCUT2D eigenvalue weighted by atomic mass is 35.5. The minimum Gasteiger partial charge on any atom is -0.406 e. The van der Waals surface area contributed by atoms with Gasteiger partial charge in [0.25, 0.3) is 0 Å². The van der Waals surface area contributed by atoms with Crippen molar-refractivity contribution in [1.29, 1.82) is 0 Å². The molecule has 4 bridgehead atoms. The van der Waals surface area contributed by atoms with Crippen molar-refractivity contribution in [1.82, 2.24) is 10.2 Å². The number of hydrogen-bond acceptors (Lipinski definition) is 4. The van der Waals surface area contributed by atoms with Crippen LogP contribution in [-0.4, -0.2) is 15.7 Å². The smallest absolute Gasteiger partial charge is 0.315 e. The molecule has 0 spiro atoms. The van der Waals surface area contributed by atoms with Crippen LogP contribution in [0.15, 0.2) is 4.42 Å². The van der Waals surface area contributed by atoms with Crippen LogP contribution in [0.1, 0.15) is 70.6 Å². The number of anilines is 1. The van der Waals surface area contributed by atoms with E-state index in [0.29, 0.717) is 22.7 Å². The Labute approximate surface area is 131 Å². The molecule has 1 heterocycles. The maximum absolute atomic E-state index is 6.01. The molecule has 0 aliphatic heterocycles. The molecule has 116 valence electrons. The Morgan fingerprint density at radius 3 is 2.33 bits per heavy atom. The molecular weight excluding hydrogens is 286 g/mol. The first kappa shape index (κ1) is 13.9. The van der Waals surface area contributed by atoms with Gasteiger partial charge in [-0.15, -0.1) is 16.7 Å². The zero-order chi connectivity index (χ0) is 14.9. The van der Waals surface area contributed by atoms with Gasteiger partial charge < -0.3 is 9.73 Å². The van der Waals surface area contributed by atoms with Gasteiger partial charge in [0.05, 0.1) is 0 Å². The van der Waals surface area contributed by atoms with E-state index >= 15 is 0 Å². The van der Waals surface area contributed by atoms with E-state index in [1.165, 1.54) is 38.5 Å². The fourth-order valence-electron chi connectivity index (χ4n) is 6.26. The van der Waals surface area contributed by atoms with E-state index in [4.69, 9.17) is 16.0 Å². The van der Waals surface area contributed by atoms with Gasteiger partial charge in [0.15, 0.2) is 0 Å². The summed E-state index contributed by atoms with van der Waals surface area (Å²) in [6.45, 7) is 6.78. The Morgan fingerprint density at radius 2 is 1.81 bits per heavy atom. The average molecular weight is 310 g/mol. The summed E-state index contributed by atoms with van der Waals surface area (Å²) in [5.41, 5.74) is 1.09. The number of alkyl halides is 1. The summed E-state index contributed by atoms with van der Waals surface area (Å²) in [6, 6.07) is 0.548. The zero-order valence-corrected chi connectivity index (χ0v) is 13.8. The Hall–Kier alpha value is -0.770. The molecule has 4 fully saturated rings. The van der Waals surface area contributed by atoms with Crippen molar-refractivity contribution in [2.24, 2.45) is 16.7 Å². The molecule has 21 heavy (non-hydrogen) atoms. The van der Waals surface area contributed by atoms with Crippen molar-refractivity contribution in [3.05, 3.63) is 5.89 Å². The summed E-state index contributed by atoms with van der Waals surface area (Å²) >= 11 is 6.01. The minimum atomic E-state index is -0.237. The molecule has 1 N–H and O–H groups in total. The summed E-state index contributed by atoms with van der Waals surface area (Å²) in [5.74, 6) is 1.35. The van der Waals surface area contributed by atoms with Crippen molar-refractivity contribution in [3.8, 4) is 0 Å². The molecular formula is C16H24ClN3O. The number of nitrogens with one attached hydrogen (secondary N) is 1. The van der Waals surface area contributed by atoms with Crippen LogP contribution in [0.4, 0.5) is 6.01 Å². The van der Waals surface area contributed by atoms with E-state index in [1.807, 2.05) is 6.92 Å². The first-order valence-electron chi connectivity index (χ1n) is 8.05. The molecule has 5 rings (SSSR count). The van der Waals surface area contributed by atoms with Crippen LogP contribution in [0.2, 0.25) is 0 Å². The molecule has 0 aromatic carbocycles. The molecule has 5 heteroatoms. The number of halogens is 1. The molecule has 3 unspecified atom stereocenters. The summed E-state index contributed by atoms with van der Waals surface area (Å²) in [6.07, 6.45) is 7.83. The standard InChI is InChI=1S/C16H24ClN3O/c1-10(17)12-19-20-13(21-12)18-16-6-11-4-14(2,8-16)7-15(3,5-11)9-16/h10-11H,4-9H2,1-3H3,(H,18,20). The largest absolute Gasteiger partial charge is 0.406 e. The van der Waals surface area contributed by atoms with Crippen molar-refractivity contribution in [2.45, 2.75) is 70.2 Å². The van der Waals surface area contributed by atoms with Crippen LogP contribution in [-0.2, 0) is 0 Å². The van der Waals surface area contributed by atoms with Gasteiger partial charge in [0.1, 0.15) is 5.38 Å². The van der Waals surface area contributed by atoms with E-state index in [-0.39, 0.29) is 10.9 Å². The van der Waals surface area contributed by atoms with Crippen molar-refractivity contribution < 1.29 is 4.42 Å². The van der Waals surface area contributed by atoms with Gasteiger partial charge >= 0.3 is 6.01 Å². The fraction of sp³-hybridized carbons (Fsp3) is 0.875. The van der Waals surface area contributed by atoms with Crippen molar-refractivity contribution >= 4 is 17.6 Å². The minimum absolute atomic E-state index is 0.141. The highest BCUT2D eigenvalue weighted by molar-refractivity contribution is 6.20. The summed E-state index contributed by atoms with van der Waals surface area (Å²) in [5, 5.41) is 11.6. The van der Waals surface area contributed by atoms with Gasteiger partial charge in [-0.3, -0.25) is 0 Å². The molecule has 4 aliphatic rings. The maximum Gasteiger partial charge on any atom is 0.315 e. The van der Waals surface area contributed by atoms with Gasteiger partial charge in [0.2, 0.25) is 5.89 Å². The lowest BCUT2D eigenvalue weighted by Gasteiger charge is -2.65. The van der Waals surface area contributed by atoms with E-state index in [2.05, 4.69) is 29.4 Å². The molecule has 4 saturated carbocycles. The quantitative estimate of drug-likeness (QED) is 0.833. The second kappa shape index (κ2) is 4.15. The predicted octanol–water partition coefficient (Wildman–Crippen LogP) is 4.53. The third-order valence-electron chi connectivity index (χ3n) is 5.78. The van der Waals surface area contributed by atoms with Gasteiger partial charge in [-0.25, -0.2) is 0 Å². The van der Waals surface area contributed by atoms with Crippen LogP contribution in [0.25, 0.3) is 0 Å². The Morgan fingerprint density at radius 1 is 1.14 bits per heavy atom. The summed E-state index contributed by atoms with van der Waals surface area (Å²) in [7, 11) is 0. The monoisotopic (exact) mass is 309 g/mol. The van der Waals surface area contributed by atoms with Gasteiger partial charge in [0, 0.05) is 5.54 Å². The Bertz CT molecular complexity index is 552. The lowest BCUT2D eigenvalue weighted by atomic mass is 9.43. The number of hydrogen-bond donors (Lipinski definition) is 1. The number of rotatable bonds is 3. The van der Waals surface area contributed by atoms with Crippen molar-refractivity contribution in [3.63, 3.8) is 0 Å². The van der Waals surface area contributed by atoms with Crippen molar-refractivity contribution in [2.75, 3.05) is 5.32 Å². The van der Waals surface area contributed by atoms with E-state index < -0.39 is 0 Å². The third kappa shape index (κ3) is 2.26. The van der Waals surface area contributed by atoms with E-state index in [9.17, 15) is 0 Å². The SMILES string of the molecule is CC(Cl)c1nnc(NC23CC4CC(C)(CC(C)(C4)C2)C3)o1. The van der Waals surface area contributed by atoms with Gasteiger partial charge in [-0.1, -0.05) is 18.9 Å². The fourth-order valence-corrected chi connectivity index (χ4v) is 6.35. The second-order valence-electron chi connectivity index (χ2n) is 8.60. The molecule has 1 aromatic rings. The predicted molar refractivity (Wildman–Crippen MR) is 82.3 cm³/mol. The van der Waals surface area contributed by atoms with Crippen LogP contribution in [0.5, 0.6) is 0 Å². The normalized spacial score (nSPS) is 45.8. The van der Waals surface area contributed by atoms with Crippen LogP contribution in [0, 0.1) is 16.7 Å². The summed E-state index contributed by atoms with van der Waals surface area (Å²) in [4.78, 5) is 0. The molecule has 0 saturated heterocycles. The lowest BCUT2D eigenvalue weighted by molar-refractivity contribution is -0.0978. The molecule has 4 aliphatic carbocycles. The summed E-state index contributed by atoms with van der Waals surface area (Å²) < 4.78 is 5.68. The van der Waals surface area contributed by atoms with Gasteiger partial charge in [-0.2, -0.15) is 0 Å². The van der Waals surface area contributed by atoms with Crippen LogP contribution >= 0.6 is 11.6 Å². The molecule has 0 radical (unpaired) electrons. The third-order valence-corrected chi connectivity index (χ3v) is 5.97. The highest BCUT2D eigenvalue weighted by Crippen LogP contribution is 2.66. The Balaban J connectivity index is 1.62. The highest BCUT2D eigenvalue weighted by Gasteiger charge is 2.60. The van der Waals surface area contributed by atoms with E-state index in [0.717, 1.165) is 5.92 Å². The molecule has 1 aromatic heterocycles. The number of aromatic nitrogens is 2. The first-order chi connectivity index (χ1) is 9.79. The van der Waals surface area contributed by atoms with Gasteiger partial charge in [-0.05, 0) is 62.2 Å².